The monoisotopic (exact) mass is 268 g/mol. The predicted octanol–water partition coefficient (Wildman–Crippen LogP) is 2.75. The summed E-state index contributed by atoms with van der Waals surface area (Å²) in [6, 6.07) is 7.94. The molecule has 1 aliphatic rings. The quantitative estimate of drug-likeness (QED) is 0.885. The Hall–Kier alpha value is -1.06. The van der Waals surface area contributed by atoms with Crippen LogP contribution in [0.1, 0.15) is 24.8 Å². The van der Waals surface area contributed by atoms with Crippen LogP contribution in [-0.4, -0.2) is 19.0 Å². The average Bonchev–Trinajstić information content (AvgIpc) is 2.30. The highest BCUT2D eigenvalue weighted by Crippen LogP contribution is 2.17. The van der Waals surface area contributed by atoms with E-state index in [0.29, 0.717) is 12.3 Å². The van der Waals surface area contributed by atoms with Gasteiger partial charge >= 0.3 is 0 Å². The maximum atomic E-state index is 11.9. The minimum atomic E-state index is 0. The van der Waals surface area contributed by atoms with Crippen LogP contribution in [0.3, 0.4) is 0 Å². The molecule has 1 amide bonds. The van der Waals surface area contributed by atoms with Crippen molar-refractivity contribution in [1.29, 1.82) is 0 Å². The molecule has 1 saturated heterocycles. The SMILES string of the molecule is Cc1cccc(NC(=O)CC2CCNCC2)c1.Cl. The molecule has 0 spiro atoms. The van der Waals surface area contributed by atoms with Crippen molar-refractivity contribution in [2.45, 2.75) is 26.2 Å². The van der Waals surface area contributed by atoms with Gasteiger partial charge < -0.3 is 10.6 Å². The molecule has 18 heavy (non-hydrogen) atoms. The summed E-state index contributed by atoms with van der Waals surface area (Å²) >= 11 is 0. The predicted molar refractivity (Wildman–Crippen MR) is 77.3 cm³/mol. The number of piperidine rings is 1. The van der Waals surface area contributed by atoms with Gasteiger partial charge in [0, 0.05) is 12.1 Å². The van der Waals surface area contributed by atoms with E-state index in [1.165, 1.54) is 5.56 Å². The number of benzene rings is 1. The van der Waals surface area contributed by atoms with Crippen LogP contribution in [0.25, 0.3) is 0 Å². The molecule has 0 bridgehead atoms. The van der Waals surface area contributed by atoms with Gasteiger partial charge in [-0.3, -0.25) is 4.79 Å². The molecule has 2 N–H and O–H groups in total. The molecular weight excluding hydrogens is 248 g/mol. The summed E-state index contributed by atoms with van der Waals surface area (Å²) in [5.74, 6) is 0.684. The van der Waals surface area contributed by atoms with Crippen LogP contribution >= 0.6 is 12.4 Å². The number of anilines is 1. The molecule has 1 fully saturated rings. The maximum Gasteiger partial charge on any atom is 0.224 e. The fourth-order valence-electron chi connectivity index (χ4n) is 2.28. The van der Waals surface area contributed by atoms with Crippen molar-refractivity contribution in [3.63, 3.8) is 0 Å². The molecule has 1 aromatic rings. The van der Waals surface area contributed by atoms with E-state index in [2.05, 4.69) is 10.6 Å². The zero-order chi connectivity index (χ0) is 12.1. The van der Waals surface area contributed by atoms with Crippen molar-refractivity contribution in [3.05, 3.63) is 29.8 Å². The number of rotatable bonds is 3. The number of carbonyl (C=O) groups excluding carboxylic acids is 1. The third kappa shape index (κ3) is 4.67. The normalized spacial score (nSPS) is 15.8. The van der Waals surface area contributed by atoms with E-state index in [0.717, 1.165) is 31.6 Å². The van der Waals surface area contributed by atoms with Gasteiger partial charge in [0.2, 0.25) is 5.91 Å². The van der Waals surface area contributed by atoms with E-state index in [9.17, 15) is 4.79 Å². The van der Waals surface area contributed by atoms with Gasteiger partial charge in [-0.1, -0.05) is 12.1 Å². The molecule has 0 radical (unpaired) electrons. The molecule has 1 aromatic carbocycles. The summed E-state index contributed by atoms with van der Waals surface area (Å²) in [6.07, 6.45) is 2.87. The lowest BCUT2D eigenvalue weighted by Crippen LogP contribution is -2.30. The Bertz CT molecular complexity index is 389. The fraction of sp³-hybridized carbons (Fsp3) is 0.500. The number of amides is 1. The first kappa shape index (κ1) is 15.0. The van der Waals surface area contributed by atoms with E-state index in [1.807, 2.05) is 31.2 Å². The van der Waals surface area contributed by atoms with Crippen LogP contribution < -0.4 is 10.6 Å². The van der Waals surface area contributed by atoms with Crippen LogP contribution in [-0.2, 0) is 4.79 Å². The second-order valence-electron chi connectivity index (χ2n) is 4.82. The Morgan fingerprint density at radius 2 is 2.11 bits per heavy atom. The van der Waals surface area contributed by atoms with Crippen LogP contribution in [0.5, 0.6) is 0 Å². The molecule has 0 aromatic heterocycles. The van der Waals surface area contributed by atoms with Gasteiger partial charge in [-0.25, -0.2) is 0 Å². The number of carbonyl (C=O) groups is 1. The second-order valence-corrected chi connectivity index (χ2v) is 4.82. The molecule has 0 unspecified atom stereocenters. The summed E-state index contributed by atoms with van der Waals surface area (Å²) in [5.41, 5.74) is 2.08. The highest BCUT2D eigenvalue weighted by Gasteiger charge is 2.16. The van der Waals surface area contributed by atoms with E-state index >= 15 is 0 Å². The average molecular weight is 269 g/mol. The Kier molecular flexibility index (Phi) is 6.16. The summed E-state index contributed by atoms with van der Waals surface area (Å²) in [6.45, 7) is 4.12. The van der Waals surface area contributed by atoms with Gasteiger partial charge in [0.1, 0.15) is 0 Å². The lowest BCUT2D eigenvalue weighted by Gasteiger charge is -2.21. The lowest BCUT2D eigenvalue weighted by atomic mass is 9.94. The topological polar surface area (TPSA) is 41.1 Å². The second kappa shape index (κ2) is 7.39. The number of hydrogen-bond acceptors (Lipinski definition) is 2. The highest BCUT2D eigenvalue weighted by molar-refractivity contribution is 5.90. The molecule has 3 nitrogen and oxygen atoms in total. The first-order valence-electron chi connectivity index (χ1n) is 6.31. The number of hydrogen-bond donors (Lipinski definition) is 2. The molecule has 100 valence electrons. The number of aryl methyl sites for hydroxylation is 1. The van der Waals surface area contributed by atoms with Crippen molar-refractivity contribution < 1.29 is 4.79 Å². The lowest BCUT2D eigenvalue weighted by molar-refractivity contribution is -0.117. The number of halogens is 1. The molecule has 0 saturated carbocycles. The Morgan fingerprint density at radius 3 is 2.78 bits per heavy atom. The van der Waals surface area contributed by atoms with Crippen LogP contribution in [0.2, 0.25) is 0 Å². The minimum Gasteiger partial charge on any atom is -0.326 e. The van der Waals surface area contributed by atoms with Crippen LogP contribution in [0, 0.1) is 12.8 Å². The van der Waals surface area contributed by atoms with E-state index in [-0.39, 0.29) is 18.3 Å². The van der Waals surface area contributed by atoms with Crippen molar-refractivity contribution in [2.75, 3.05) is 18.4 Å². The van der Waals surface area contributed by atoms with Crippen molar-refractivity contribution in [2.24, 2.45) is 5.92 Å². The third-order valence-corrected chi connectivity index (χ3v) is 3.23. The summed E-state index contributed by atoms with van der Waals surface area (Å²) in [4.78, 5) is 11.9. The van der Waals surface area contributed by atoms with Crippen molar-refractivity contribution in [1.82, 2.24) is 5.32 Å². The van der Waals surface area contributed by atoms with Crippen molar-refractivity contribution >= 4 is 24.0 Å². The Labute approximate surface area is 115 Å². The third-order valence-electron chi connectivity index (χ3n) is 3.23. The first-order valence-corrected chi connectivity index (χ1v) is 6.31. The number of nitrogens with one attached hydrogen (secondary N) is 2. The summed E-state index contributed by atoms with van der Waals surface area (Å²) in [5, 5.41) is 6.28. The summed E-state index contributed by atoms with van der Waals surface area (Å²) < 4.78 is 0. The van der Waals surface area contributed by atoms with Gasteiger partial charge in [-0.15, -0.1) is 12.4 Å². The smallest absolute Gasteiger partial charge is 0.224 e. The molecular formula is C14H21ClN2O. The molecule has 4 heteroatoms. The van der Waals surface area contributed by atoms with Gasteiger partial charge in [0.15, 0.2) is 0 Å². The van der Waals surface area contributed by atoms with Gasteiger partial charge in [0.25, 0.3) is 0 Å². The minimum absolute atomic E-state index is 0. The highest BCUT2D eigenvalue weighted by atomic mass is 35.5. The standard InChI is InChI=1S/C14H20N2O.ClH/c1-11-3-2-4-13(9-11)16-14(17)10-12-5-7-15-8-6-12;/h2-4,9,12,15H,5-8,10H2,1H3,(H,16,17);1H. The summed E-state index contributed by atoms with van der Waals surface area (Å²) in [7, 11) is 0. The Balaban J connectivity index is 0.00000162. The first-order chi connectivity index (χ1) is 8.24. The van der Waals surface area contributed by atoms with Gasteiger partial charge in [-0.2, -0.15) is 0 Å². The van der Waals surface area contributed by atoms with E-state index in [1.54, 1.807) is 0 Å². The molecule has 2 rings (SSSR count). The fourth-order valence-corrected chi connectivity index (χ4v) is 2.28. The molecule has 1 heterocycles. The van der Waals surface area contributed by atoms with Crippen molar-refractivity contribution in [3.8, 4) is 0 Å². The van der Waals surface area contributed by atoms with Crippen LogP contribution in [0.15, 0.2) is 24.3 Å². The zero-order valence-electron chi connectivity index (χ0n) is 10.7. The largest absolute Gasteiger partial charge is 0.326 e. The zero-order valence-corrected chi connectivity index (χ0v) is 11.6. The molecule has 0 atom stereocenters. The Morgan fingerprint density at radius 1 is 1.39 bits per heavy atom. The van der Waals surface area contributed by atoms with E-state index in [4.69, 9.17) is 0 Å². The van der Waals surface area contributed by atoms with Crippen LogP contribution in [0.4, 0.5) is 5.69 Å². The van der Waals surface area contributed by atoms with Gasteiger partial charge in [0.05, 0.1) is 0 Å². The molecule has 1 aliphatic heterocycles. The van der Waals surface area contributed by atoms with Gasteiger partial charge in [-0.05, 0) is 56.5 Å². The molecule has 0 aliphatic carbocycles. The maximum absolute atomic E-state index is 11.9. The van der Waals surface area contributed by atoms with E-state index < -0.39 is 0 Å².